The maximum absolute atomic E-state index is 12.6. The van der Waals surface area contributed by atoms with Crippen molar-refractivity contribution in [3.05, 3.63) is 24.3 Å². The number of sulfonamides is 1. The minimum absolute atomic E-state index is 0.0297. The number of rotatable bonds is 5. The predicted molar refractivity (Wildman–Crippen MR) is 98.6 cm³/mol. The number of piperidine rings is 1. The second kappa shape index (κ2) is 8.47. The molecule has 26 heavy (non-hydrogen) atoms. The van der Waals surface area contributed by atoms with E-state index < -0.39 is 10.0 Å². The van der Waals surface area contributed by atoms with Crippen LogP contribution in [0.2, 0.25) is 0 Å². The number of quaternary nitrogens is 1. The van der Waals surface area contributed by atoms with Crippen molar-refractivity contribution in [1.82, 2.24) is 4.31 Å². The standard InChI is InChI=1S/C18H27N3O4S/c1-15-3-2-8-20(13-15)14-18(22)19-16-4-6-17(7-5-16)26(23,24)21-9-11-25-12-10-21/h4-7,15H,2-3,8-14H2,1H3,(H,19,22)/p+1/t15-/m1/s1. The summed E-state index contributed by atoms with van der Waals surface area (Å²) >= 11 is 0. The highest BCUT2D eigenvalue weighted by atomic mass is 32.2. The highest BCUT2D eigenvalue weighted by Gasteiger charge is 2.26. The Balaban J connectivity index is 1.57. The number of carbonyl (C=O) groups is 1. The number of hydrogen-bond donors (Lipinski definition) is 2. The van der Waals surface area contributed by atoms with Gasteiger partial charge in [0.15, 0.2) is 6.54 Å². The summed E-state index contributed by atoms with van der Waals surface area (Å²) in [4.78, 5) is 13.8. The highest BCUT2D eigenvalue weighted by Crippen LogP contribution is 2.19. The number of nitrogens with zero attached hydrogens (tertiary/aromatic N) is 1. The van der Waals surface area contributed by atoms with E-state index in [4.69, 9.17) is 4.74 Å². The summed E-state index contributed by atoms with van der Waals surface area (Å²) in [7, 11) is -3.50. The van der Waals surface area contributed by atoms with Crippen LogP contribution in [0.1, 0.15) is 19.8 Å². The zero-order valence-corrected chi connectivity index (χ0v) is 16.1. The molecule has 7 nitrogen and oxygen atoms in total. The fourth-order valence-corrected chi connectivity index (χ4v) is 5.04. The Morgan fingerprint density at radius 1 is 1.27 bits per heavy atom. The van der Waals surface area contributed by atoms with Gasteiger partial charge >= 0.3 is 0 Å². The monoisotopic (exact) mass is 382 g/mol. The lowest BCUT2D eigenvalue weighted by atomic mass is 10.0. The summed E-state index contributed by atoms with van der Waals surface area (Å²) in [5, 5.41) is 2.87. The Morgan fingerprint density at radius 3 is 2.62 bits per heavy atom. The average Bonchev–Trinajstić information content (AvgIpc) is 2.63. The number of anilines is 1. The third kappa shape index (κ3) is 4.82. The number of amides is 1. The lowest BCUT2D eigenvalue weighted by Gasteiger charge is -2.27. The smallest absolute Gasteiger partial charge is 0.279 e. The second-order valence-corrected chi connectivity index (χ2v) is 9.16. The van der Waals surface area contributed by atoms with Gasteiger partial charge in [-0.05, 0) is 37.1 Å². The molecule has 0 spiro atoms. The normalized spacial score (nSPS) is 25.0. The Hall–Kier alpha value is -1.48. The van der Waals surface area contributed by atoms with Crippen LogP contribution in [-0.4, -0.2) is 64.6 Å². The molecule has 1 unspecified atom stereocenters. The van der Waals surface area contributed by atoms with Gasteiger partial charge in [-0.3, -0.25) is 4.79 Å². The Bertz CT molecular complexity index is 714. The first-order chi connectivity index (χ1) is 12.4. The molecule has 0 aliphatic carbocycles. The van der Waals surface area contributed by atoms with Gasteiger partial charge < -0.3 is 15.0 Å². The van der Waals surface area contributed by atoms with E-state index in [2.05, 4.69) is 12.2 Å². The van der Waals surface area contributed by atoms with E-state index in [-0.39, 0.29) is 10.8 Å². The van der Waals surface area contributed by atoms with Crippen molar-refractivity contribution in [3.8, 4) is 0 Å². The van der Waals surface area contributed by atoms with Crippen molar-refractivity contribution >= 4 is 21.6 Å². The second-order valence-electron chi connectivity index (χ2n) is 7.22. The molecular formula is C18H28N3O4S+. The molecule has 3 rings (SSSR count). The van der Waals surface area contributed by atoms with Crippen molar-refractivity contribution in [2.45, 2.75) is 24.7 Å². The van der Waals surface area contributed by atoms with E-state index in [0.29, 0.717) is 44.5 Å². The molecule has 0 saturated carbocycles. The van der Waals surface area contributed by atoms with Gasteiger partial charge in [0.05, 0.1) is 31.2 Å². The fourth-order valence-electron chi connectivity index (χ4n) is 3.64. The van der Waals surface area contributed by atoms with Crippen molar-refractivity contribution in [2.24, 2.45) is 5.92 Å². The molecule has 1 aromatic carbocycles. The van der Waals surface area contributed by atoms with Crippen molar-refractivity contribution in [3.63, 3.8) is 0 Å². The van der Waals surface area contributed by atoms with Crippen LogP contribution in [0.25, 0.3) is 0 Å². The van der Waals surface area contributed by atoms with Crippen molar-refractivity contribution in [1.29, 1.82) is 0 Å². The van der Waals surface area contributed by atoms with Crippen LogP contribution in [-0.2, 0) is 19.6 Å². The van der Waals surface area contributed by atoms with Gasteiger partial charge in [-0.1, -0.05) is 6.92 Å². The van der Waals surface area contributed by atoms with Gasteiger partial charge in [0.1, 0.15) is 0 Å². The Morgan fingerprint density at radius 2 is 1.96 bits per heavy atom. The van der Waals surface area contributed by atoms with Crippen molar-refractivity contribution < 1.29 is 22.8 Å². The van der Waals surface area contributed by atoms with E-state index >= 15 is 0 Å². The molecule has 2 fully saturated rings. The zero-order chi connectivity index (χ0) is 18.6. The molecule has 2 aliphatic heterocycles. The molecule has 8 heteroatoms. The molecule has 0 bridgehead atoms. The van der Waals surface area contributed by atoms with Gasteiger partial charge in [0.2, 0.25) is 10.0 Å². The lowest BCUT2D eigenvalue weighted by Crippen LogP contribution is -3.14. The first-order valence-electron chi connectivity index (χ1n) is 9.26. The minimum Gasteiger partial charge on any atom is -0.379 e. The van der Waals surface area contributed by atoms with Crippen LogP contribution < -0.4 is 10.2 Å². The number of nitrogens with one attached hydrogen (secondary N) is 2. The minimum atomic E-state index is -3.50. The summed E-state index contributed by atoms with van der Waals surface area (Å²) in [5.74, 6) is 0.633. The van der Waals surface area contributed by atoms with E-state index in [1.807, 2.05) is 0 Å². The quantitative estimate of drug-likeness (QED) is 0.749. The number of hydrogen-bond acceptors (Lipinski definition) is 4. The van der Waals surface area contributed by atoms with Crippen LogP contribution in [0.15, 0.2) is 29.2 Å². The molecular weight excluding hydrogens is 354 g/mol. The number of carbonyl (C=O) groups excluding carboxylic acids is 1. The van der Waals surface area contributed by atoms with Crippen LogP contribution in [0.3, 0.4) is 0 Å². The van der Waals surface area contributed by atoms with Gasteiger partial charge in [-0.15, -0.1) is 0 Å². The number of likely N-dealkylation sites (tertiary alicyclic amines) is 1. The van der Waals surface area contributed by atoms with Gasteiger partial charge in [-0.2, -0.15) is 4.31 Å². The predicted octanol–water partition coefficient (Wildman–Crippen LogP) is -0.0392. The number of morpholine rings is 1. The van der Waals surface area contributed by atoms with Gasteiger partial charge in [0, 0.05) is 24.7 Å². The molecule has 1 amide bonds. The molecule has 144 valence electrons. The maximum atomic E-state index is 12.6. The maximum Gasteiger partial charge on any atom is 0.279 e. The van der Waals surface area contributed by atoms with E-state index in [9.17, 15) is 13.2 Å². The van der Waals surface area contributed by atoms with Crippen molar-refractivity contribution in [2.75, 3.05) is 51.3 Å². The highest BCUT2D eigenvalue weighted by molar-refractivity contribution is 7.89. The largest absolute Gasteiger partial charge is 0.379 e. The third-order valence-corrected chi connectivity index (χ3v) is 6.93. The van der Waals surface area contributed by atoms with Crippen LogP contribution in [0.5, 0.6) is 0 Å². The molecule has 2 atom stereocenters. The Labute approximate surface area is 155 Å². The topological polar surface area (TPSA) is 80.2 Å². The summed E-state index contributed by atoms with van der Waals surface area (Å²) in [6, 6.07) is 6.41. The molecule has 2 saturated heterocycles. The lowest BCUT2D eigenvalue weighted by molar-refractivity contribution is -0.900. The SMILES string of the molecule is C[C@@H]1CCC[NH+](CC(=O)Nc2ccc(S(=O)(=O)N3CCOCC3)cc2)C1. The van der Waals surface area contributed by atoms with E-state index in [1.165, 1.54) is 15.6 Å². The van der Waals surface area contributed by atoms with E-state index in [0.717, 1.165) is 19.5 Å². The average molecular weight is 383 g/mol. The summed E-state index contributed by atoms with van der Waals surface area (Å²) < 4.78 is 31.8. The zero-order valence-electron chi connectivity index (χ0n) is 15.2. The van der Waals surface area contributed by atoms with Gasteiger partial charge in [0.25, 0.3) is 5.91 Å². The summed E-state index contributed by atoms with van der Waals surface area (Å²) in [5.41, 5.74) is 0.625. The number of ether oxygens (including phenoxy) is 1. The molecule has 0 aromatic heterocycles. The summed E-state index contributed by atoms with van der Waals surface area (Å²) in [6.45, 7) is 6.34. The molecule has 1 aromatic rings. The third-order valence-electron chi connectivity index (χ3n) is 5.02. The number of benzene rings is 1. The molecule has 0 radical (unpaired) electrons. The first-order valence-corrected chi connectivity index (χ1v) is 10.7. The van der Waals surface area contributed by atoms with Gasteiger partial charge in [-0.25, -0.2) is 8.42 Å². The molecule has 2 N–H and O–H groups in total. The Kier molecular flexibility index (Phi) is 6.29. The van der Waals surface area contributed by atoms with Crippen LogP contribution in [0.4, 0.5) is 5.69 Å². The summed E-state index contributed by atoms with van der Waals surface area (Å²) in [6.07, 6.45) is 2.40. The van der Waals surface area contributed by atoms with E-state index in [1.54, 1.807) is 24.3 Å². The fraction of sp³-hybridized carbons (Fsp3) is 0.611. The molecule has 2 heterocycles. The molecule has 2 aliphatic rings. The van der Waals surface area contributed by atoms with Crippen LogP contribution in [0, 0.1) is 5.92 Å². The van der Waals surface area contributed by atoms with Crippen LogP contribution >= 0.6 is 0 Å². The first kappa shape index (κ1) is 19.3.